The molecule has 0 aliphatic carbocycles. The summed E-state index contributed by atoms with van der Waals surface area (Å²) in [5.41, 5.74) is 0.753. The predicted octanol–water partition coefficient (Wildman–Crippen LogP) is 0.558. The van der Waals surface area contributed by atoms with Crippen LogP contribution in [-0.2, 0) is 4.79 Å². The summed E-state index contributed by atoms with van der Waals surface area (Å²) in [5, 5.41) is 11.4. The van der Waals surface area contributed by atoms with Gasteiger partial charge in [0.15, 0.2) is 0 Å². The number of aromatic nitrogens is 1. The molecule has 0 radical (unpaired) electrons. The van der Waals surface area contributed by atoms with Crippen LogP contribution in [0.5, 0.6) is 0 Å². The molecule has 0 unspecified atom stereocenters. The van der Waals surface area contributed by atoms with E-state index in [1.807, 2.05) is 17.0 Å². The Bertz CT molecular complexity index is 436. The molecule has 1 fully saturated rings. The highest BCUT2D eigenvalue weighted by Gasteiger charge is 2.19. The van der Waals surface area contributed by atoms with E-state index in [0.29, 0.717) is 0 Å². The molecule has 1 N–H and O–H groups in total. The molecule has 6 heteroatoms. The molecular formula is C12H16N4O2. The number of amides is 1. The molecule has 0 atom stereocenters. The standard InChI is InChI=1S/C12H16N4O2/c1-10(17)15-4-6-16(7-5-15)12-3-2-11(8-13-12)9-14-18/h2-3,8-9,18H,4-7H2,1H3. The van der Waals surface area contributed by atoms with Crippen LogP contribution in [0.2, 0.25) is 0 Å². The molecule has 0 aromatic carbocycles. The monoisotopic (exact) mass is 248 g/mol. The lowest BCUT2D eigenvalue weighted by molar-refractivity contribution is -0.129. The molecule has 18 heavy (non-hydrogen) atoms. The summed E-state index contributed by atoms with van der Waals surface area (Å²) in [5.74, 6) is 1.01. The highest BCUT2D eigenvalue weighted by Crippen LogP contribution is 2.13. The quantitative estimate of drug-likeness (QED) is 0.471. The molecular weight excluding hydrogens is 232 g/mol. The summed E-state index contributed by atoms with van der Waals surface area (Å²) in [6.07, 6.45) is 3.00. The molecule has 0 spiro atoms. The zero-order valence-corrected chi connectivity index (χ0v) is 10.3. The lowest BCUT2D eigenvalue weighted by Gasteiger charge is -2.34. The van der Waals surface area contributed by atoms with E-state index in [-0.39, 0.29) is 5.91 Å². The topological polar surface area (TPSA) is 69.0 Å². The van der Waals surface area contributed by atoms with Crippen molar-refractivity contribution in [2.75, 3.05) is 31.1 Å². The van der Waals surface area contributed by atoms with Crippen molar-refractivity contribution in [2.45, 2.75) is 6.92 Å². The number of oxime groups is 1. The second kappa shape index (κ2) is 5.48. The Hall–Kier alpha value is -2.11. The number of rotatable bonds is 2. The number of hydrogen-bond acceptors (Lipinski definition) is 5. The van der Waals surface area contributed by atoms with E-state index in [0.717, 1.165) is 37.6 Å². The molecule has 6 nitrogen and oxygen atoms in total. The van der Waals surface area contributed by atoms with Gasteiger partial charge in [-0.05, 0) is 12.1 Å². The fourth-order valence-corrected chi connectivity index (χ4v) is 1.98. The number of hydrogen-bond donors (Lipinski definition) is 1. The number of carbonyl (C=O) groups excluding carboxylic acids is 1. The molecule has 0 saturated carbocycles. The smallest absolute Gasteiger partial charge is 0.219 e. The number of anilines is 1. The Morgan fingerprint density at radius 2 is 2.11 bits per heavy atom. The molecule has 1 amide bonds. The minimum atomic E-state index is 0.122. The van der Waals surface area contributed by atoms with Gasteiger partial charge in [0.05, 0.1) is 6.21 Å². The van der Waals surface area contributed by atoms with E-state index in [1.165, 1.54) is 6.21 Å². The summed E-state index contributed by atoms with van der Waals surface area (Å²) in [4.78, 5) is 19.5. The molecule has 1 aliphatic heterocycles. The van der Waals surface area contributed by atoms with Crippen molar-refractivity contribution in [3.63, 3.8) is 0 Å². The molecule has 0 bridgehead atoms. The summed E-state index contributed by atoms with van der Waals surface area (Å²) in [6, 6.07) is 3.74. The largest absolute Gasteiger partial charge is 0.411 e. The van der Waals surface area contributed by atoms with Gasteiger partial charge in [0.2, 0.25) is 5.91 Å². The number of carbonyl (C=O) groups is 1. The van der Waals surface area contributed by atoms with Gasteiger partial charge in [-0.2, -0.15) is 0 Å². The van der Waals surface area contributed by atoms with Crippen molar-refractivity contribution < 1.29 is 10.0 Å². The first-order chi connectivity index (χ1) is 8.70. The molecule has 1 aliphatic rings. The highest BCUT2D eigenvalue weighted by molar-refractivity contribution is 5.78. The number of piperazine rings is 1. The van der Waals surface area contributed by atoms with Crippen LogP contribution in [0.3, 0.4) is 0 Å². The minimum absolute atomic E-state index is 0.122. The summed E-state index contributed by atoms with van der Waals surface area (Å²) >= 11 is 0. The van der Waals surface area contributed by atoms with Gasteiger partial charge >= 0.3 is 0 Å². The van der Waals surface area contributed by atoms with Gasteiger partial charge in [0.1, 0.15) is 5.82 Å². The van der Waals surface area contributed by atoms with Gasteiger partial charge in [0.25, 0.3) is 0 Å². The SMILES string of the molecule is CC(=O)N1CCN(c2ccc(C=NO)cn2)CC1. The summed E-state index contributed by atoms with van der Waals surface area (Å²) < 4.78 is 0. The van der Waals surface area contributed by atoms with Gasteiger partial charge in [-0.1, -0.05) is 5.16 Å². The fraction of sp³-hybridized carbons (Fsp3) is 0.417. The van der Waals surface area contributed by atoms with E-state index in [1.54, 1.807) is 13.1 Å². The Morgan fingerprint density at radius 3 is 2.61 bits per heavy atom. The van der Waals surface area contributed by atoms with Gasteiger partial charge in [-0.3, -0.25) is 4.79 Å². The first-order valence-corrected chi connectivity index (χ1v) is 5.84. The number of nitrogens with zero attached hydrogens (tertiary/aromatic N) is 4. The molecule has 1 saturated heterocycles. The Morgan fingerprint density at radius 1 is 1.39 bits per heavy atom. The third-order valence-electron chi connectivity index (χ3n) is 3.03. The maximum Gasteiger partial charge on any atom is 0.219 e. The van der Waals surface area contributed by atoms with Crippen molar-refractivity contribution in [1.82, 2.24) is 9.88 Å². The highest BCUT2D eigenvalue weighted by atomic mass is 16.4. The first kappa shape index (κ1) is 12.3. The van der Waals surface area contributed by atoms with E-state index < -0.39 is 0 Å². The second-order valence-electron chi connectivity index (χ2n) is 4.19. The Labute approximate surface area is 106 Å². The van der Waals surface area contributed by atoms with Gasteiger partial charge < -0.3 is 15.0 Å². The second-order valence-corrected chi connectivity index (χ2v) is 4.19. The van der Waals surface area contributed by atoms with Crippen LogP contribution in [0.25, 0.3) is 0 Å². The Balaban J connectivity index is 1.99. The lowest BCUT2D eigenvalue weighted by atomic mass is 10.2. The first-order valence-electron chi connectivity index (χ1n) is 5.84. The van der Waals surface area contributed by atoms with Gasteiger partial charge in [-0.25, -0.2) is 4.98 Å². The van der Waals surface area contributed by atoms with E-state index in [9.17, 15) is 4.79 Å². The summed E-state index contributed by atoms with van der Waals surface area (Å²) in [6.45, 7) is 4.64. The van der Waals surface area contributed by atoms with Crippen molar-refractivity contribution in [3.05, 3.63) is 23.9 Å². The van der Waals surface area contributed by atoms with Crippen LogP contribution in [0.15, 0.2) is 23.5 Å². The van der Waals surface area contributed by atoms with Gasteiger partial charge in [0, 0.05) is 44.9 Å². The maximum atomic E-state index is 11.2. The van der Waals surface area contributed by atoms with Crippen molar-refractivity contribution in [2.24, 2.45) is 5.16 Å². The van der Waals surface area contributed by atoms with E-state index >= 15 is 0 Å². The van der Waals surface area contributed by atoms with Crippen LogP contribution in [0, 0.1) is 0 Å². The van der Waals surface area contributed by atoms with Crippen LogP contribution in [0.1, 0.15) is 12.5 Å². The van der Waals surface area contributed by atoms with E-state index in [2.05, 4.69) is 15.0 Å². The maximum absolute atomic E-state index is 11.2. The van der Waals surface area contributed by atoms with Crippen LogP contribution in [0.4, 0.5) is 5.82 Å². The van der Waals surface area contributed by atoms with Crippen LogP contribution >= 0.6 is 0 Å². The minimum Gasteiger partial charge on any atom is -0.411 e. The molecule has 96 valence electrons. The molecule has 2 rings (SSSR count). The molecule has 1 aromatic heterocycles. The third-order valence-corrected chi connectivity index (χ3v) is 3.03. The third kappa shape index (κ3) is 2.77. The van der Waals surface area contributed by atoms with Crippen molar-refractivity contribution >= 4 is 17.9 Å². The van der Waals surface area contributed by atoms with Crippen LogP contribution < -0.4 is 4.90 Å². The normalized spacial score (nSPS) is 16.3. The summed E-state index contributed by atoms with van der Waals surface area (Å²) in [7, 11) is 0. The zero-order valence-electron chi connectivity index (χ0n) is 10.3. The van der Waals surface area contributed by atoms with E-state index in [4.69, 9.17) is 5.21 Å². The zero-order chi connectivity index (χ0) is 13.0. The van der Waals surface area contributed by atoms with Gasteiger partial charge in [-0.15, -0.1) is 0 Å². The fourth-order valence-electron chi connectivity index (χ4n) is 1.98. The molecule has 2 heterocycles. The van der Waals surface area contributed by atoms with Crippen molar-refractivity contribution in [3.8, 4) is 0 Å². The van der Waals surface area contributed by atoms with Crippen LogP contribution in [-0.4, -0.2) is 53.4 Å². The number of pyridine rings is 1. The average molecular weight is 248 g/mol. The Kier molecular flexibility index (Phi) is 3.76. The lowest BCUT2D eigenvalue weighted by Crippen LogP contribution is -2.48. The van der Waals surface area contributed by atoms with Crippen molar-refractivity contribution in [1.29, 1.82) is 0 Å². The molecule has 1 aromatic rings. The predicted molar refractivity (Wildman–Crippen MR) is 68.1 cm³/mol. The average Bonchev–Trinajstić information content (AvgIpc) is 2.40.